The van der Waals surface area contributed by atoms with Crippen molar-refractivity contribution in [1.82, 2.24) is 29.3 Å². The van der Waals surface area contributed by atoms with Crippen LogP contribution in [-0.4, -0.2) is 35.8 Å². The van der Waals surface area contributed by atoms with Gasteiger partial charge < -0.3 is 9.88 Å². The van der Waals surface area contributed by atoms with Crippen molar-refractivity contribution in [2.75, 3.05) is 11.9 Å². The minimum atomic E-state index is 0.729. The molecule has 1 N–H and O–H groups in total. The number of fused-ring (bicyclic) bond motifs is 1. The summed E-state index contributed by atoms with van der Waals surface area (Å²) in [6, 6.07) is 1.95. The quantitative estimate of drug-likeness (QED) is 0.746. The monoisotopic (exact) mass is 257 g/mol. The minimum Gasteiger partial charge on any atom is -0.368 e. The Kier molecular flexibility index (Phi) is 2.86. The maximum Gasteiger partial charge on any atom is 0.154 e. The van der Waals surface area contributed by atoms with Crippen LogP contribution >= 0.6 is 0 Å². The van der Waals surface area contributed by atoms with Gasteiger partial charge in [0.15, 0.2) is 11.6 Å². The first-order valence-electron chi connectivity index (χ1n) is 6.08. The van der Waals surface area contributed by atoms with E-state index >= 15 is 0 Å². The van der Waals surface area contributed by atoms with Gasteiger partial charge in [-0.25, -0.2) is 15.0 Å². The summed E-state index contributed by atoms with van der Waals surface area (Å²) in [6.45, 7) is 0.729. The molecule has 0 aliphatic rings. The Labute approximate surface area is 110 Å². The van der Waals surface area contributed by atoms with Crippen molar-refractivity contribution in [1.29, 1.82) is 0 Å². The lowest BCUT2D eigenvalue weighted by molar-refractivity contribution is 0.742. The smallest absolute Gasteiger partial charge is 0.154 e. The fourth-order valence-corrected chi connectivity index (χ4v) is 1.98. The number of imidazole rings is 1. The molecule has 98 valence electrons. The SMILES string of the molecule is Cn1cnc(CCNc2nccc3c2ncn3C)n1. The van der Waals surface area contributed by atoms with Crippen LogP contribution in [0, 0.1) is 0 Å². The fraction of sp³-hybridized carbons (Fsp3) is 0.333. The molecular weight excluding hydrogens is 242 g/mol. The molecule has 0 spiro atoms. The Bertz CT molecular complexity index is 697. The minimum absolute atomic E-state index is 0.729. The largest absolute Gasteiger partial charge is 0.368 e. The summed E-state index contributed by atoms with van der Waals surface area (Å²) in [5.74, 6) is 1.62. The van der Waals surface area contributed by atoms with Crippen LogP contribution in [0.2, 0.25) is 0 Å². The molecule has 0 bridgehead atoms. The van der Waals surface area contributed by atoms with E-state index in [1.165, 1.54) is 0 Å². The molecule has 19 heavy (non-hydrogen) atoms. The average Bonchev–Trinajstić information content (AvgIpc) is 2.98. The molecule has 0 aliphatic heterocycles. The molecule has 3 rings (SSSR count). The maximum atomic E-state index is 4.35. The number of hydrogen-bond acceptors (Lipinski definition) is 5. The third kappa shape index (κ3) is 2.26. The highest BCUT2D eigenvalue weighted by atomic mass is 15.3. The third-order valence-electron chi connectivity index (χ3n) is 2.93. The molecule has 0 radical (unpaired) electrons. The molecular formula is C12H15N7. The average molecular weight is 257 g/mol. The zero-order chi connectivity index (χ0) is 13.2. The van der Waals surface area contributed by atoms with Crippen molar-refractivity contribution >= 4 is 16.9 Å². The number of nitrogens with zero attached hydrogens (tertiary/aromatic N) is 6. The van der Waals surface area contributed by atoms with E-state index < -0.39 is 0 Å². The van der Waals surface area contributed by atoms with E-state index in [-0.39, 0.29) is 0 Å². The van der Waals surface area contributed by atoms with Gasteiger partial charge in [-0.15, -0.1) is 0 Å². The molecule has 0 atom stereocenters. The standard InChI is InChI=1S/C12H15N7/c1-18-7-16-11-9(18)3-5-13-12(11)14-6-4-10-15-8-19(2)17-10/h3,5,7-8H,4,6H2,1-2H3,(H,13,14). The zero-order valence-electron chi connectivity index (χ0n) is 10.9. The molecule has 0 fully saturated rings. The van der Waals surface area contributed by atoms with E-state index in [1.807, 2.05) is 24.7 Å². The number of nitrogens with one attached hydrogen (secondary N) is 1. The normalized spacial score (nSPS) is 11.1. The summed E-state index contributed by atoms with van der Waals surface area (Å²) < 4.78 is 3.68. The Balaban J connectivity index is 1.71. The first kappa shape index (κ1) is 11.6. The van der Waals surface area contributed by atoms with Crippen molar-refractivity contribution in [2.24, 2.45) is 14.1 Å². The number of hydrogen-bond donors (Lipinski definition) is 1. The van der Waals surface area contributed by atoms with E-state index in [0.717, 1.165) is 35.6 Å². The molecule has 0 aromatic carbocycles. The molecule has 0 saturated heterocycles. The summed E-state index contributed by atoms with van der Waals surface area (Å²) in [4.78, 5) is 12.9. The van der Waals surface area contributed by atoms with Gasteiger partial charge in [0.05, 0.1) is 11.8 Å². The van der Waals surface area contributed by atoms with Gasteiger partial charge in [-0.05, 0) is 6.07 Å². The number of aromatic nitrogens is 6. The van der Waals surface area contributed by atoms with Crippen molar-refractivity contribution in [3.05, 3.63) is 30.7 Å². The first-order valence-corrected chi connectivity index (χ1v) is 6.08. The first-order chi connectivity index (χ1) is 9.24. The topological polar surface area (TPSA) is 73.5 Å². The van der Waals surface area contributed by atoms with Crippen LogP contribution in [0.5, 0.6) is 0 Å². The molecule has 7 nitrogen and oxygen atoms in total. The van der Waals surface area contributed by atoms with Gasteiger partial charge in [0.2, 0.25) is 0 Å². The number of rotatable bonds is 4. The fourth-order valence-electron chi connectivity index (χ4n) is 1.98. The number of anilines is 1. The summed E-state index contributed by atoms with van der Waals surface area (Å²) >= 11 is 0. The van der Waals surface area contributed by atoms with Crippen LogP contribution in [0.4, 0.5) is 5.82 Å². The van der Waals surface area contributed by atoms with E-state index in [9.17, 15) is 0 Å². The Morgan fingerprint density at radius 1 is 1.16 bits per heavy atom. The van der Waals surface area contributed by atoms with E-state index in [1.54, 1.807) is 23.5 Å². The van der Waals surface area contributed by atoms with Crippen molar-refractivity contribution in [3.63, 3.8) is 0 Å². The number of aryl methyl sites for hydroxylation is 2. The molecule has 3 aromatic heterocycles. The lowest BCUT2D eigenvalue weighted by Crippen LogP contribution is -2.08. The summed E-state index contributed by atoms with van der Waals surface area (Å²) in [5.41, 5.74) is 1.95. The van der Waals surface area contributed by atoms with Gasteiger partial charge in [-0.2, -0.15) is 5.10 Å². The second-order valence-corrected chi connectivity index (χ2v) is 4.39. The highest BCUT2D eigenvalue weighted by molar-refractivity contribution is 5.85. The highest BCUT2D eigenvalue weighted by Crippen LogP contribution is 2.18. The van der Waals surface area contributed by atoms with Crippen LogP contribution < -0.4 is 5.32 Å². The molecule has 0 amide bonds. The van der Waals surface area contributed by atoms with Crippen LogP contribution in [0.15, 0.2) is 24.9 Å². The Morgan fingerprint density at radius 2 is 2.05 bits per heavy atom. The molecule has 0 aliphatic carbocycles. The predicted molar refractivity (Wildman–Crippen MR) is 71.7 cm³/mol. The molecule has 0 unspecified atom stereocenters. The zero-order valence-corrected chi connectivity index (χ0v) is 10.9. The lowest BCUT2D eigenvalue weighted by Gasteiger charge is -2.04. The van der Waals surface area contributed by atoms with E-state index in [2.05, 4.69) is 25.4 Å². The van der Waals surface area contributed by atoms with Crippen molar-refractivity contribution in [2.45, 2.75) is 6.42 Å². The Morgan fingerprint density at radius 3 is 2.84 bits per heavy atom. The van der Waals surface area contributed by atoms with Crippen LogP contribution in [0.3, 0.4) is 0 Å². The summed E-state index contributed by atoms with van der Waals surface area (Å²) in [5, 5.41) is 7.52. The molecule has 0 saturated carbocycles. The maximum absolute atomic E-state index is 4.35. The van der Waals surface area contributed by atoms with E-state index in [4.69, 9.17) is 0 Å². The van der Waals surface area contributed by atoms with E-state index in [0.29, 0.717) is 0 Å². The molecule has 3 heterocycles. The van der Waals surface area contributed by atoms with Crippen LogP contribution in [0.25, 0.3) is 11.0 Å². The third-order valence-corrected chi connectivity index (χ3v) is 2.93. The summed E-state index contributed by atoms with van der Waals surface area (Å²) in [6.07, 6.45) is 6.03. The van der Waals surface area contributed by atoms with Gasteiger partial charge in [0, 0.05) is 33.3 Å². The molecule has 3 aromatic rings. The lowest BCUT2D eigenvalue weighted by atomic mass is 10.3. The Hall–Kier alpha value is -2.44. The van der Waals surface area contributed by atoms with Crippen molar-refractivity contribution < 1.29 is 0 Å². The molecule has 7 heteroatoms. The van der Waals surface area contributed by atoms with Crippen LogP contribution in [-0.2, 0) is 20.5 Å². The van der Waals surface area contributed by atoms with Gasteiger partial charge in [-0.3, -0.25) is 4.68 Å². The van der Waals surface area contributed by atoms with Crippen molar-refractivity contribution in [3.8, 4) is 0 Å². The van der Waals surface area contributed by atoms with Gasteiger partial charge in [0.1, 0.15) is 11.8 Å². The highest BCUT2D eigenvalue weighted by Gasteiger charge is 2.06. The predicted octanol–water partition coefficient (Wildman–Crippen LogP) is 0.751. The summed E-state index contributed by atoms with van der Waals surface area (Å²) in [7, 11) is 3.83. The second kappa shape index (κ2) is 4.68. The second-order valence-electron chi connectivity index (χ2n) is 4.39. The van der Waals surface area contributed by atoms with Crippen LogP contribution in [0.1, 0.15) is 5.82 Å². The van der Waals surface area contributed by atoms with Gasteiger partial charge in [0.25, 0.3) is 0 Å². The number of pyridine rings is 1. The van der Waals surface area contributed by atoms with Gasteiger partial charge >= 0.3 is 0 Å². The van der Waals surface area contributed by atoms with Gasteiger partial charge in [-0.1, -0.05) is 0 Å².